The van der Waals surface area contributed by atoms with Gasteiger partial charge in [-0.2, -0.15) is 4.98 Å². The first-order valence-electron chi connectivity index (χ1n) is 9.65. The SMILES string of the molecule is CCN1CCN(c2ccnc(Nc3ccc(N(CC)CC)cc3)n2)CC1. The van der Waals surface area contributed by atoms with E-state index in [0.29, 0.717) is 5.95 Å². The average Bonchev–Trinajstić information content (AvgIpc) is 2.70. The van der Waals surface area contributed by atoms with E-state index in [1.54, 1.807) is 0 Å². The van der Waals surface area contributed by atoms with Crippen LogP contribution >= 0.6 is 0 Å². The van der Waals surface area contributed by atoms with Crippen LogP contribution in [0.4, 0.5) is 23.1 Å². The summed E-state index contributed by atoms with van der Waals surface area (Å²) in [4.78, 5) is 16.2. The predicted octanol–water partition coefficient (Wildman–Crippen LogP) is 3.21. The van der Waals surface area contributed by atoms with Gasteiger partial charge in [-0.1, -0.05) is 6.92 Å². The molecule has 0 aliphatic carbocycles. The van der Waals surface area contributed by atoms with Crippen LogP contribution in [0.25, 0.3) is 0 Å². The molecule has 6 heteroatoms. The van der Waals surface area contributed by atoms with E-state index >= 15 is 0 Å². The number of rotatable bonds is 7. The molecule has 0 amide bonds. The second kappa shape index (κ2) is 8.85. The molecule has 0 atom stereocenters. The van der Waals surface area contributed by atoms with E-state index < -0.39 is 0 Å². The summed E-state index contributed by atoms with van der Waals surface area (Å²) in [5.74, 6) is 1.65. The first-order chi connectivity index (χ1) is 12.7. The van der Waals surface area contributed by atoms with Gasteiger partial charge in [0.25, 0.3) is 0 Å². The van der Waals surface area contributed by atoms with Crippen LogP contribution in [0.1, 0.15) is 20.8 Å². The Hall–Kier alpha value is -2.34. The van der Waals surface area contributed by atoms with Crippen LogP contribution in [0.5, 0.6) is 0 Å². The predicted molar refractivity (Wildman–Crippen MR) is 110 cm³/mol. The van der Waals surface area contributed by atoms with Crippen molar-refractivity contribution in [2.45, 2.75) is 20.8 Å². The van der Waals surface area contributed by atoms with Gasteiger partial charge in [0, 0.05) is 56.8 Å². The maximum absolute atomic E-state index is 4.71. The summed E-state index contributed by atoms with van der Waals surface area (Å²) in [7, 11) is 0. The van der Waals surface area contributed by atoms with Crippen molar-refractivity contribution < 1.29 is 0 Å². The first-order valence-corrected chi connectivity index (χ1v) is 9.65. The molecule has 140 valence electrons. The Kier molecular flexibility index (Phi) is 6.28. The summed E-state index contributed by atoms with van der Waals surface area (Å²) in [5, 5.41) is 3.33. The van der Waals surface area contributed by atoms with Crippen molar-refractivity contribution in [2.24, 2.45) is 0 Å². The van der Waals surface area contributed by atoms with Crippen molar-refractivity contribution in [1.82, 2.24) is 14.9 Å². The summed E-state index contributed by atoms with van der Waals surface area (Å²) in [6.07, 6.45) is 1.83. The Morgan fingerprint density at radius 1 is 0.962 bits per heavy atom. The number of aromatic nitrogens is 2. The molecule has 1 aliphatic rings. The van der Waals surface area contributed by atoms with Crippen LogP contribution in [0.3, 0.4) is 0 Å². The van der Waals surface area contributed by atoms with Crippen molar-refractivity contribution in [1.29, 1.82) is 0 Å². The highest BCUT2D eigenvalue weighted by atomic mass is 15.3. The Balaban J connectivity index is 1.65. The molecule has 1 saturated heterocycles. The second-order valence-electron chi connectivity index (χ2n) is 6.50. The van der Waals surface area contributed by atoms with Gasteiger partial charge in [-0.15, -0.1) is 0 Å². The molecule has 0 bridgehead atoms. The zero-order valence-corrected chi connectivity index (χ0v) is 16.1. The molecule has 1 N–H and O–H groups in total. The van der Waals surface area contributed by atoms with Crippen LogP contribution in [0.15, 0.2) is 36.5 Å². The Labute approximate surface area is 156 Å². The fourth-order valence-electron chi connectivity index (χ4n) is 3.35. The van der Waals surface area contributed by atoms with E-state index in [2.05, 4.69) is 70.0 Å². The fourth-order valence-corrected chi connectivity index (χ4v) is 3.35. The highest BCUT2D eigenvalue weighted by molar-refractivity contribution is 5.60. The van der Waals surface area contributed by atoms with Gasteiger partial charge in [0.15, 0.2) is 0 Å². The lowest BCUT2D eigenvalue weighted by atomic mass is 10.2. The minimum atomic E-state index is 0.649. The number of hydrogen-bond acceptors (Lipinski definition) is 6. The second-order valence-corrected chi connectivity index (χ2v) is 6.50. The smallest absolute Gasteiger partial charge is 0.229 e. The molecule has 6 nitrogen and oxygen atoms in total. The quantitative estimate of drug-likeness (QED) is 0.824. The summed E-state index contributed by atoms with van der Waals surface area (Å²) in [6, 6.07) is 10.5. The highest BCUT2D eigenvalue weighted by Gasteiger charge is 2.17. The number of anilines is 4. The van der Waals surface area contributed by atoms with Gasteiger partial charge in [0.1, 0.15) is 5.82 Å². The molecular formula is C20H30N6. The number of likely N-dealkylation sites (N-methyl/N-ethyl adjacent to an activating group) is 1. The lowest BCUT2D eigenvalue weighted by Gasteiger charge is -2.34. The van der Waals surface area contributed by atoms with E-state index in [0.717, 1.165) is 57.3 Å². The van der Waals surface area contributed by atoms with E-state index in [-0.39, 0.29) is 0 Å². The molecule has 2 heterocycles. The van der Waals surface area contributed by atoms with Gasteiger partial charge in [-0.05, 0) is 50.7 Å². The van der Waals surface area contributed by atoms with Crippen molar-refractivity contribution in [3.05, 3.63) is 36.5 Å². The van der Waals surface area contributed by atoms with E-state index in [1.807, 2.05) is 12.3 Å². The normalized spacial score (nSPS) is 15.1. The summed E-state index contributed by atoms with van der Waals surface area (Å²) < 4.78 is 0. The molecule has 1 aromatic carbocycles. The van der Waals surface area contributed by atoms with Crippen LogP contribution in [0.2, 0.25) is 0 Å². The van der Waals surface area contributed by atoms with E-state index in [4.69, 9.17) is 4.98 Å². The van der Waals surface area contributed by atoms with Crippen molar-refractivity contribution in [2.75, 3.05) is 60.9 Å². The third kappa shape index (κ3) is 4.43. The number of nitrogens with one attached hydrogen (secondary N) is 1. The van der Waals surface area contributed by atoms with Crippen LogP contribution < -0.4 is 15.1 Å². The molecule has 26 heavy (non-hydrogen) atoms. The number of piperazine rings is 1. The third-order valence-corrected chi connectivity index (χ3v) is 5.04. The van der Waals surface area contributed by atoms with Gasteiger partial charge in [0.2, 0.25) is 5.95 Å². The lowest BCUT2D eigenvalue weighted by Crippen LogP contribution is -2.46. The number of hydrogen-bond donors (Lipinski definition) is 1. The highest BCUT2D eigenvalue weighted by Crippen LogP contribution is 2.21. The summed E-state index contributed by atoms with van der Waals surface area (Å²) in [5.41, 5.74) is 2.25. The maximum Gasteiger partial charge on any atom is 0.229 e. The first kappa shape index (κ1) is 18.5. The van der Waals surface area contributed by atoms with E-state index in [1.165, 1.54) is 5.69 Å². The molecule has 0 spiro atoms. The van der Waals surface area contributed by atoms with Crippen molar-refractivity contribution in [3.8, 4) is 0 Å². The van der Waals surface area contributed by atoms with Crippen LogP contribution in [-0.4, -0.2) is 60.7 Å². The van der Waals surface area contributed by atoms with Crippen LogP contribution in [-0.2, 0) is 0 Å². The number of benzene rings is 1. The number of nitrogens with zero attached hydrogens (tertiary/aromatic N) is 5. The summed E-state index contributed by atoms with van der Waals surface area (Å²) >= 11 is 0. The molecule has 3 rings (SSSR count). The van der Waals surface area contributed by atoms with Gasteiger partial charge in [-0.3, -0.25) is 0 Å². The Bertz CT molecular complexity index is 675. The van der Waals surface area contributed by atoms with Gasteiger partial charge < -0.3 is 20.0 Å². The topological polar surface area (TPSA) is 47.5 Å². The molecule has 1 fully saturated rings. The molecule has 0 radical (unpaired) electrons. The molecule has 2 aromatic rings. The average molecular weight is 355 g/mol. The van der Waals surface area contributed by atoms with Crippen LogP contribution in [0, 0.1) is 0 Å². The van der Waals surface area contributed by atoms with Gasteiger partial charge in [-0.25, -0.2) is 4.98 Å². The largest absolute Gasteiger partial charge is 0.372 e. The minimum absolute atomic E-state index is 0.649. The Morgan fingerprint density at radius 3 is 2.27 bits per heavy atom. The van der Waals surface area contributed by atoms with Gasteiger partial charge in [0.05, 0.1) is 0 Å². The van der Waals surface area contributed by atoms with Crippen molar-refractivity contribution >= 4 is 23.1 Å². The molecule has 0 unspecified atom stereocenters. The van der Waals surface area contributed by atoms with Crippen molar-refractivity contribution in [3.63, 3.8) is 0 Å². The zero-order valence-electron chi connectivity index (χ0n) is 16.1. The standard InChI is InChI=1S/C20H30N6/c1-4-24-13-15-26(16-14-24)19-11-12-21-20(23-19)22-17-7-9-18(10-8-17)25(5-2)6-3/h7-12H,4-6,13-16H2,1-3H3,(H,21,22,23). The molecule has 1 aromatic heterocycles. The molecular weight excluding hydrogens is 324 g/mol. The van der Waals surface area contributed by atoms with Gasteiger partial charge >= 0.3 is 0 Å². The minimum Gasteiger partial charge on any atom is -0.372 e. The van der Waals surface area contributed by atoms with E-state index in [9.17, 15) is 0 Å². The fraction of sp³-hybridized carbons (Fsp3) is 0.500. The lowest BCUT2D eigenvalue weighted by molar-refractivity contribution is 0.270. The molecule has 0 saturated carbocycles. The maximum atomic E-state index is 4.71. The monoisotopic (exact) mass is 354 g/mol. The summed E-state index contributed by atoms with van der Waals surface area (Å²) in [6.45, 7) is 13.9. The molecule has 1 aliphatic heterocycles. The Morgan fingerprint density at radius 2 is 1.65 bits per heavy atom. The third-order valence-electron chi connectivity index (χ3n) is 5.04. The zero-order chi connectivity index (χ0) is 18.4.